The average Bonchev–Trinajstić information content (AvgIpc) is 3.03. The number of hydrogen-bond donors (Lipinski definition) is 1. The monoisotopic (exact) mass is 276 g/mol. The molecule has 0 unspecified atom stereocenters. The van der Waals surface area contributed by atoms with Crippen molar-refractivity contribution in [3.8, 4) is 0 Å². The summed E-state index contributed by atoms with van der Waals surface area (Å²) in [6.45, 7) is 3.68. The molecule has 2 heterocycles. The standard InChI is InChI=1S/C14H20N4S/c1-10-8-12-13(16-9-17-14(12)19-10)18(7-6-15)11-4-2-3-5-11/h8-9,11H,2-7,15H2,1H3. The van der Waals surface area contributed by atoms with Crippen LogP contribution in [0.15, 0.2) is 12.4 Å². The normalized spacial score (nSPS) is 16.3. The van der Waals surface area contributed by atoms with Crippen LogP contribution in [0.2, 0.25) is 0 Å². The molecular weight excluding hydrogens is 256 g/mol. The van der Waals surface area contributed by atoms with E-state index in [1.54, 1.807) is 17.7 Å². The van der Waals surface area contributed by atoms with E-state index in [0.717, 1.165) is 17.2 Å². The van der Waals surface area contributed by atoms with Crippen LogP contribution in [-0.4, -0.2) is 29.1 Å². The van der Waals surface area contributed by atoms with E-state index in [4.69, 9.17) is 5.73 Å². The van der Waals surface area contributed by atoms with E-state index in [1.807, 2.05) is 0 Å². The Morgan fingerprint density at radius 2 is 2.16 bits per heavy atom. The number of rotatable bonds is 4. The van der Waals surface area contributed by atoms with Crippen molar-refractivity contribution in [2.24, 2.45) is 5.73 Å². The molecule has 19 heavy (non-hydrogen) atoms. The number of thiophene rings is 1. The molecule has 0 spiro atoms. The lowest BCUT2D eigenvalue weighted by atomic mass is 10.2. The molecule has 3 rings (SSSR count). The second kappa shape index (κ2) is 5.43. The van der Waals surface area contributed by atoms with Gasteiger partial charge in [-0.25, -0.2) is 9.97 Å². The minimum atomic E-state index is 0.599. The predicted octanol–water partition coefficient (Wildman–Crippen LogP) is 2.71. The van der Waals surface area contributed by atoms with Gasteiger partial charge in [0.05, 0.1) is 5.39 Å². The second-order valence-electron chi connectivity index (χ2n) is 5.19. The van der Waals surface area contributed by atoms with Gasteiger partial charge >= 0.3 is 0 Å². The highest BCUT2D eigenvalue weighted by atomic mass is 32.1. The predicted molar refractivity (Wildman–Crippen MR) is 80.8 cm³/mol. The number of aromatic nitrogens is 2. The SMILES string of the molecule is Cc1cc2c(N(CCN)C3CCCC3)ncnc2s1. The molecule has 0 aromatic carbocycles. The van der Waals surface area contributed by atoms with Crippen molar-refractivity contribution in [1.82, 2.24) is 9.97 Å². The lowest BCUT2D eigenvalue weighted by molar-refractivity contribution is 0.604. The molecule has 1 aliphatic rings. The summed E-state index contributed by atoms with van der Waals surface area (Å²) in [6, 6.07) is 2.80. The maximum absolute atomic E-state index is 5.80. The Kier molecular flexibility index (Phi) is 3.66. The molecule has 1 fully saturated rings. The third-order valence-electron chi connectivity index (χ3n) is 3.84. The molecule has 1 saturated carbocycles. The fourth-order valence-corrected chi connectivity index (χ4v) is 3.85. The summed E-state index contributed by atoms with van der Waals surface area (Å²) in [5.74, 6) is 1.08. The lowest BCUT2D eigenvalue weighted by Gasteiger charge is -2.30. The van der Waals surface area contributed by atoms with Gasteiger partial charge in [-0.15, -0.1) is 11.3 Å². The topological polar surface area (TPSA) is 55.0 Å². The minimum absolute atomic E-state index is 0.599. The van der Waals surface area contributed by atoms with Gasteiger partial charge in [-0.2, -0.15) is 0 Å². The van der Waals surface area contributed by atoms with Crippen LogP contribution in [0.3, 0.4) is 0 Å². The minimum Gasteiger partial charge on any atom is -0.352 e. The van der Waals surface area contributed by atoms with Crippen molar-refractivity contribution < 1.29 is 0 Å². The van der Waals surface area contributed by atoms with Crippen molar-refractivity contribution in [3.05, 3.63) is 17.3 Å². The van der Waals surface area contributed by atoms with E-state index in [-0.39, 0.29) is 0 Å². The Bertz CT molecular complexity index is 560. The first kappa shape index (κ1) is 12.8. The Morgan fingerprint density at radius 1 is 1.37 bits per heavy atom. The zero-order valence-electron chi connectivity index (χ0n) is 11.3. The number of hydrogen-bond acceptors (Lipinski definition) is 5. The fourth-order valence-electron chi connectivity index (χ4n) is 3.01. The van der Waals surface area contributed by atoms with Crippen molar-refractivity contribution in [1.29, 1.82) is 0 Å². The molecule has 0 bridgehead atoms. The smallest absolute Gasteiger partial charge is 0.141 e. The molecule has 0 saturated heterocycles. The van der Waals surface area contributed by atoms with Gasteiger partial charge in [0.15, 0.2) is 0 Å². The van der Waals surface area contributed by atoms with Gasteiger partial charge in [-0.3, -0.25) is 0 Å². The number of anilines is 1. The zero-order chi connectivity index (χ0) is 13.2. The van der Waals surface area contributed by atoms with Gasteiger partial charge in [0.25, 0.3) is 0 Å². The molecule has 102 valence electrons. The Hall–Kier alpha value is -1.20. The number of aryl methyl sites for hydroxylation is 1. The first-order valence-corrected chi connectivity index (χ1v) is 7.79. The Labute approximate surface area is 117 Å². The number of nitrogens with two attached hydrogens (primary N) is 1. The largest absolute Gasteiger partial charge is 0.352 e. The summed E-state index contributed by atoms with van der Waals surface area (Å²) in [5.41, 5.74) is 5.80. The third kappa shape index (κ3) is 2.44. The van der Waals surface area contributed by atoms with Gasteiger partial charge in [0.1, 0.15) is 17.0 Å². The van der Waals surface area contributed by atoms with Gasteiger partial charge in [0, 0.05) is 24.0 Å². The van der Waals surface area contributed by atoms with E-state index in [1.165, 1.54) is 35.9 Å². The van der Waals surface area contributed by atoms with E-state index in [0.29, 0.717) is 12.6 Å². The molecule has 0 radical (unpaired) electrons. The number of nitrogens with zero attached hydrogens (tertiary/aromatic N) is 3. The van der Waals surface area contributed by atoms with Gasteiger partial charge in [-0.05, 0) is 25.8 Å². The molecule has 2 N–H and O–H groups in total. The first-order valence-electron chi connectivity index (χ1n) is 6.97. The first-order chi connectivity index (χ1) is 9.29. The highest BCUT2D eigenvalue weighted by Crippen LogP contribution is 2.33. The zero-order valence-corrected chi connectivity index (χ0v) is 12.1. The fraction of sp³-hybridized carbons (Fsp3) is 0.571. The molecule has 0 amide bonds. The quantitative estimate of drug-likeness (QED) is 0.933. The van der Waals surface area contributed by atoms with Gasteiger partial charge in [0.2, 0.25) is 0 Å². The lowest BCUT2D eigenvalue weighted by Crippen LogP contribution is -2.38. The van der Waals surface area contributed by atoms with E-state index < -0.39 is 0 Å². The Morgan fingerprint density at radius 3 is 2.89 bits per heavy atom. The highest BCUT2D eigenvalue weighted by Gasteiger charge is 2.25. The van der Waals surface area contributed by atoms with Crippen LogP contribution in [0.1, 0.15) is 30.6 Å². The molecule has 2 aromatic heterocycles. The molecule has 1 aliphatic carbocycles. The van der Waals surface area contributed by atoms with Crippen LogP contribution in [0.5, 0.6) is 0 Å². The second-order valence-corrected chi connectivity index (χ2v) is 6.43. The van der Waals surface area contributed by atoms with Crippen molar-refractivity contribution in [2.75, 3.05) is 18.0 Å². The summed E-state index contributed by atoms with van der Waals surface area (Å²) >= 11 is 1.74. The summed E-state index contributed by atoms with van der Waals surface area (Å²) in [6.07, 6.45) is 6.85. The van der Waals surface area contributed by atoms with Crippen LogP contribution in [0.25, 0.3) is 10.2 Å². The summed E-state index contributed by atoms with van der Waals surface area (Å²) in [5, 5.41) is 1.19. The van der Waals surface area contributed by atoms with Crippen LogP contribution in [0.4, 0.5) is 5.82 Å². The van der Waals surface area contributed by atoms with Crippen molar-refractivity contribution in [2.45, 2.75) is 38.6 Å². The molecule has 0 aliphatic heterocycles. The van der Waals surface area contributed by atoms with E-state index in [2.05, 4.69) is 27.9 Å². The van der Waals surface area contributed by atoms with Crippen LogP contribution in [0, 0.1) is 6.92 Å². The summed E-state index contributed by atoms with van der Waals surface area (Å²) < 4.78 is 0. The number of fused-ring (bicyclic) bond motifs is 1. The summed E-state index contributed by atoms with van der Waals surface area (Å²) in [4.78, 5) is 13.7. The van der Waals surface area contributed by atoms with E-state index in [9.17, 15) is 0 Å². The van der Waals surface area contributed by atoms with Gasteiger partial charge in [-0.1, -0.05) is 12.8 Å². The van der Waals surface area contributed by atoms with Crippen LogP contribution < -0.4 is 10.6 Å². The maximum atomic E-state index is 5.80. The van der Waals surface area contributed by atoms with E-state index >= 15 is 0 Å². The molecular formula is C14H20N4S. The molecule has 4 nitrogen and oxygen atoms in total. The highest BCUT2D eigenvalue weighted by molar-refractivity contribution is 7.18. The molecule has 0 atom stereocenters. The van der Waals surface area contributed by atoms with Crippen LogP contribution >= 0.6 is 11.3 Å². The Balaban J connectivity index is 2.03. The van der Waals surface area contributed by atoms with Crippen molar-refractivity contribution in [3.63, 3.8) is 0 Å². The molecule has 2 aromatic rings. The average molecular weight is 276 g/mol. The maximum Gasteiger partial charge on any atom is 0.141 e. The van der Waals surface area contributed by atoms with Crippen molar-refractivity contribution >= 4 is 27.4 Å². The van der Waals surface area contributed by atoms with Gasteiger partial charge < -0.3 is 10.6 Å². The molecule has 5 heteroatoms. The van der Waals surface area contributed by atoms with Crippen LogP contribution in [-0.2, 0) is 0 Å². The third-order valence-corrected chi connectivity index (χ3v) is 4.80. The summed E-state index contributed by atoms with van der Waals surface area (Å²) in [7, 11) is 0.